The van der Waals surface area contributed by atoms with E-state index >= 15 is 0 Å². The highest BCUT2D eigenvalue weighted by Crippen LogP contribution is 2.18. The molecule has 0 N–H and O–H groups in total. The summed E-state index contributed by atoms with van der Waals surface area (Å²) < 4.78 is 7.48. The van der Waals surface area contributed by atoms with Gasteiger partial charge in [0.15, 0.2) is 5.82 Å². The molecular formula is C15H18N4O. The molecule has 0 unspecified atom stereocenters. The molecule has 5 heteroatoms. The fraction of sp³-hybridized carbons (Fsp3) is 0.400. The van der Waals surface area contributed by atoms with Gasteiger partial charge in [0.25, 0.3) is 0 Å². The van der Waals surface area contributed by atoms with Crippen molar-refractivity contribution in [2.45, 2.75) is 39.7 Å². The molecule has 0 spiro atoms. The van der Waals surface area contributed by atoms with Gasteiger partial charge in [-0.3, -0.25) is 0 Å². The Hall–Kier alpha value is -2.17. The summed E-state index contributed by atoms with van der Waals surface area (Å²) in [5.74, 6) is 2.70. The Labute approximate surface area is 117 Å². The number of nitrogens with zero attached hydrogens (tertiary/aromatic N) is 4. The number of imidazole rings is 1. The van der Waals surface area contributed by atoms with Crippen LogP contribution in [0.2, 0.25) is 0 Å². The van der Waals surface area contributed by atoms with Crippen LogP contribution in [0.4, 0.5) is 0 Å². The zero-order valence-corrected chi connectivity index (χ0v) is 12.0. The predicted molar refractivity (Wildman–Crippen MR) is 76.6 cm³/mol. The van der Waals surface area contributed by atoms with E-state index in [9.17, 15) is 0 Å². The van der Waals surface area contributed by atoms with Gasteiger partial charge in [-0.25, -0.2) is 4.98 Å². The molecule has 3 aromatic rings. The maximum Gasteiger partial charge on any atom is 0.246 e. The molecule has 0 saturated heterocycles. The molecule has 0 bridgehead atoms. The molecule has 2 heterocycles. The fourth-order valence-electron chi connectivity index (χ4n) is 2.27. The Balaban J connectivity index is 2.00. The summed E-state index contributed by atoms with van der Waals surface area (Å²) in [5.41, 5.74) is 2.11. The highest BCUT2D eigenvalue weighted by atomic mass is 16.5. The van der Waals surface area contributed by atoms with Crippen molar-refractivity contribution in [1.82, 2.24) is 19.7 Å². The van der Waals surface area contributed by atoms with Gasteiger partial charge in [0, 0.05) is 12.3 Å². The monoisotopic (exact) mass is 270 g/mol. The summed E-state index contributed by atoms with van der Waals surface area (Å²) in [5, 5.41) is 4.01. The molecule has 3 rings (SSSR count). The normalized spacial score (nSPS) is 11.6. The summed E-state index contributed by atoms with van der Waals surface area (Å²) in [6.07, 6.45) is 0.875. The van der Waals surface area contributed by atoms with Gasteiger partial charge >= 0.3 is 0 Å². The number of hydrogen-bond acceptors (Lipinski definition) is 4. The Morgan fingerprint density at radius 2 is 2.00 bits per heavy atom. The summed E-state index contributed by atoms with van der Waals surface area (Å²) >= 11 is 0. The minimum atomic E-state index is 0.276. The quantitative estimate of drug-likeness (QED) is 0.730. The number of benzene rings is 1. The molecule has 0 saturated carbocycles. The van der Waals surface area contributed by atoms with E-state index in [0.29, 0.717) is 12.4 Å². The molecule has 5 nitrogen and oxygen atoms in total. The smallest absolute Gasteiger partial charge is 0.246 e. The van der Waals surface area contributed by atoms with Gasteiger partial charge in [0.2, 0.25) is 5.89 Å². The van der Waals surface area contributed by atoms with Gasteiger partial charge in [0.1, 0.15) is 12.4 Å². The van der Waals surface area contributed by atoms with Crippen molar-refractivity contribution in [1.29, 1.82) is 0 Å². The van der Waals surface area contributed by atoms with Crippen molar-refractivity contribution in [3.05, 3.63) is 41.8 Å². The largest absolute Gasteiger partial charge is 0.337 e. The second kappa shape index (κ2) is 5.07. The highest BCUT2D eigenvalue weighted by Gasteiger charge is 2.14. The summed E-state index contributed by atoms with van der Waals surface area (Å²) in [7, 11) is 0. The first kappa shape index (κ1) is 12.8. The molecule has 104 valence electrons. The zero-order chi connectivity index (χ0) is 14.1. The summed E-state index contributed by atoms with van der Waals surface area (Å²) in [6, 6.07) is 8.12. The molecule has 1 aromatic carbocycles. The minimum absolute atomic E-state index is 0.276. The lowest BCUT2D eigenvalue weighted by molar-refractivity contribution is 0.364. The molecule has 0 amide bonds. The lowest BCUT2D eigenvalue weighted by atomic mass is 10.2. The third kappa shape index (κ3) is 2.19. The van der Waals surface area contributed by atoms with Crippen LogP contribution in [0, 0.1) is 0 Å². The molecular weight excluding hydrogens is 252 g/mol. The van der Waals surface area contributed by atoms with Crippen LogP contribution in [0.15, 0.2) is 28.8 Å². The third-order valence-corrected chi connectivity index (χ3v) is 3.34. The van der Waals surface area contributed by atoms with Crippen molar-refractivity contribution >= 4 is 11.0 Å². The number of rotatable bonds is 4. The summed E-state index contributed by atoms with van der Waals surface area (Å²) in [4.78, 5) is 9.08. The SMILES string of the molecule is CCc1nc2ccccc2n1Cc1nc(C(C)C)no1. The first-order valence-corrected chi connectivity index (χ1v) is 6.95. The van der Waals surface area contributed by atoms with Crippen LogP contribution in [0.1, 0.15) is 44.2 Å². The third-order valence-electron chi connectivity index (χ3n) is 3.34. The summed E-state index contributed by atoms with van der Waals surface area (Å²) in [6.45, 7) is 6.78. The first-order valence-electron chi connectivity index (χ1n) is 6.95. The molecule has 0 aliphatic rings. The molecule has 0 aliphatic heterocycles. The molecule has 0 aliphatic carbocycles. The lowest BCUT2D eigenvalue weighted by Crippen LogP contribution is -2.05. The average Bonchev–Trinajstić information content (AvgIpc) is 3.04. The second-order valence-corrected chi connectivity index (χ2v) is 5.16. The van der Waals surface area contributed by atoms with Gasteiger partial charge in [-0.2, -0.15) is 4.98 Å². The van der Waals surface area contributed by atoms with Crippen molar-refractivity contribution in [2.75, 3.05) is 0 Å². The van der Waals surface area contributed by atoms with Gasteiger partial charge in [-0.05, 0) is 12.1 Å². The Bertz CT molecular complexity index is 726. The molecule has 0 fully saturated rings. The van der Waals surface area contributed by atoms with Crippen molar-refractivity contribution in [3.63, 3.8) is 0 Å². The maximum atomic E-state index is 5.34. The van der Waals surface area contributed by atoms with E-state index in [1.807, 2.05) is 18.2 Å². The van der Waals surface area contributed by atoms with E-state index in [0.717, 1.165) is 29.1 Å². The second-order valence-electron chi connectivity index (χ2n) is 5.16. The van der Waals surface area contributed by atoms with E-state index in [2.05, 4.69) is 46.5 Å². The van der Waals surface area contributed by atoms with Crippen LogP contribution in [0.25, 0.3) is 11.0 Å². The maximum absolute atomic E-state index is 5.34. The van der Waals surface area contributed by atoms with Crippen LogP contribution >= 0.6 is 0 Å². The van der Waals surface area contributed by atoms with Gasteiger partial charge in [-0.1, -0.05) is 38.1 Å². The number of para-hydroxylation sites is 2. The number of aryl methyl sites for hydroxylation is 1. The van der Waals surface area contributed by atoms with E-state index in [-0.39, 0.29) is 5.92 Å². The average molecular weight is 270 g/mol. The fourth-order valence-corrected chi connectivity index (χ4v) is 2.27. The van der Waals surface area contributed by atoms with Crippen LogP contribution in [0.3, 0.4) is 0 Å². The van der Waals surface area contributed by atoms with E-state index in [4.69, 9.17) is 4.52 Å². The van der Waals surface area contributed by atoms with E-state index < -0.39 is 0 Å². The Kier molecular flexibility index (Phi) is 3.26. The highest BCUT2D eigenvalue weighted by molar-refractivity contribution is 5.75. The minimum Gasteiger partial charge on any atom is -0.337 e. The van der Waals surface area contributed by atoms with Gasteiger partial charge in [0.05, 0.1) is 11.0 Å². The van der Waals surface area contributed by atoms with Crippen LogP contribution in [0.5, 0.6) is 0 Å². The zero-order valence-electron chi connectivity index (χ0n) is 12.0. The molecule has 0 radical (unpaired) electrons. The number of hydrogen-bond donors (Lipinski definition) is 0. The Morgan fingerprint density at radius 1 is 1.20 bits per heavy atom. The lowest BCUT2D eigenvalue weighted by Gasteiger charge is -2.04. The standard InChI is InChI=1S/C15H18N4O/c1-4-13-16-11-7-5-6-8-12(11)19(13)9-14-17-15(10(2)3)18-20-14/h5-8,10H,4,9H2,1-3H3. The van der Waals surface area contributed by atoms with Gasteiger partial charge in [-0.15, -0.1) is 0 Å². The van der Waals surface area contributed by atoms with Crippen molar-refractivity contribution in [3.8, 4) is 0 Å². The van der Waals surface area contributed by atoms with Crippen LogP contribution in [-0.4, -0.2) is 19.7 Å². The van der Waals surface area contributed by atoms with E-state index in [1.54, 1.807) is 0 Å². The Morgan fingerprint density at radius 3 is 2.70 bits per heavy atom. The van der Waals surface area contributed by atoms with Crippen LogP contribution in [-0.2, 0) is 13.0 Å². The number of fused-ring (bicyclic) bond motifs is 1. The topological polar surface area (TPSA) is 56.7 Å². The molecule has 20 heavy (non-hydrogen) atoms. The van der Waals surface area contributed by atoms with Crippen molar-refractivity contribution in [2.24, 2.45) is 0 Å². The van der Waals surface area contributed by atoms with E-state index in [1.165, 1.54) is 0 Å². The molecule has 0 atom stereocenters. The first-order chi connectivity index (χ1) is 9.69. The molecule has 2 aromatic heterocycles. The van der Waals surface area contributed by atoms with Crippen molar-refractivity contribution < 1.29 is 4.52 Å². The van der Waals surface area contributed by atoms with Crippen LogP contribution < -0.4 is 0 Å². The predicted octanol–water partition coefficient (Wildman–Crippen LogP) is 3.15. The number of aromatic nitrogens is 4. The van der Waals surface area contributed by atoms with Gasteiger partial charge < -0.3 is 9.09 Å².